The van der Waals surface area contributed by atoms with Crippen molar-refractivity contribution < 1.29 is 89.4 Å². The number of carbonyl (C=O) groups excluding carboxylic acids is 1. The second-order valence-corrected chi connectivity index (χ2v) is 25.0. The van der Waals surface area contributed by atoms with Gasteiger partial charge in [0.05, 0.1) is 38.6 Å². The van der Waals surface area contributed by atoms with Crippen molar-refractivity contribution in [1.29, 1.82) is 0 Å². The molecular weight excluding hydrogens is 1140 g/mol. The molecule has 518 valence electrons. The summed E-state index contributed by atoms with van der Waals surface area (Å²) < 4.78 is 34.2. The molecule has 17 atom stereocenters. The molecule has 1 amide bonds. The first kappa shape index (κ1) is 80.7. The first-order valence-corrected chi connectivity index (χ1v) is 35.0. The molecule has 0 spiro atoms. The molecule has 3 heterocycles. The second-order valence-electron chi connectivity index (χ2n) is 25.0. The molecule has 3 saturated heterocycles. The van der Waals surface area contributed by atoms with Crippen molar-refractivity contribution in [2.75, 3.05) is 26.4 Å². The highest BCUT2D eigenvalue weighted by Gasteiger charge is 2.53. The molecule has 12 N–H and O–H groups in total. The first-order valence-electron chi connectivity index (χ1n) is 35.0. The molecule has 19 heteroatoms. The van der Waals surface area contributed by atoms with Crippen molar-refractivity contribution in [2.24, 2.45) is 0 Å². The van der Waals surface area contributed by atoms with Gasteiger partial charge in [-0.2, -0.15) is 0 Å². The predicted octanol–water partition coefficient (Wildman–Crippen LogP) is 9.16. The number of ether oxygens (including phenoxy) is 6. The lowest BCUT2D eigenvalue weighted by Crippen LogP contribution is -2.66. The average molecular weight is 1270 g/mol. The van der Waals surface area contributed by atoms with Gasteiger partial charge >= 0.3 is 0 Å². The smallest absolute Gasteiger partial charge is 0.220 e. The Labute approximate surface area is 535 Å². The van der Waals surface area contributed by atoms with Crippen LogP contribution in [-0.4, -0.2) is 193 Å². The van der Waals surface area contributed by atoms with Crippen LogP contribution >= 0.6 is 0 Å². The molecule has 0 radical (unpaired) electrons. The lowest BCUT2D eigenvalue weighted by Gasteiger charge is -2.48. The minimum absolute atomic E-state index is 0.244. The zero-order chi connectivity index (χ0) is 64.7. The first-order chi connectivity index (χ1) is 43.3. The van der Waals surface area contributed by atoms with E-state index in [2.05, 4.69) is 67.8 Å². The molecular formula is C70H125NO18. The van der Waals surface area contributed by atoms with Gasteiger partial charge < -0.3 is 89.9 Å². The predicted molar refractivity (Wildman–Crippen MR) is 346 cm³/mol. The van der Waals surface area contributed by atoms with E-state index < -0.39 is 124 Å². The highest BCUT2D eigenvalue weighted by Crippen LogP contribution is 2.33. The topological polar surface area (TPSA) is 307 Å². The van der Waals surface area contributed by atoms with Crippen molar-refractivity contribution in [3.63, 3.8) is 0 Å². The zero-order valence-electron chi connectivity index (χ0n) is 54.6. The van der Waals surface area contributed by atoms with E-state index in [0.717, 1.165) is 70.6 Å². The Morgan fingerprint density at radius 1 is 0.416 bits per heavy atom. The molecule has 0 saturated carbocycles. The molecule has 0 aromatic rings. The van der Waals surface area contributed by atoms with Gasteiger partial charge in [0, 0.05) is 6.42 Å². The number of aliphatic hydroxyl groups excluding tert-OH is 11. The van der Waals surface area contributed by atoms with Crippen molar-refractivity contribution in [3.05, 3.63) is 60.8 Å². The fraction of sp³-hybridized carbons (Fsp3) is 0.843. The monoisotopic (exact) mass is 1270 g/mol. The Hall–Kier alpha value is -2.51. The van der Waals surface area contributed by atoms with Crippen LogP contribution in [0.4, 0.5) is 0 Å². The van der Waals surface area contributed by atoms with E-state index in [9.17, 15) is 61.0 Å². The van der Waals surface area contributed by atoms with E-state index >= 15 is 0 Å². The Kier molecular flexibility index (Phi) is 47.0. The van der Waals surface area contributed by atoms with Gasteiger partial charge in [0.15, 0.2) is 18.9 Å². The maximum atomic E-state index is 13.3. The number of carbonyl (C=O) groups is 1. The summed E-state index contributed by atoms with van der Waals surface area (Å²) in [5.74, 6) is -0.276. The fourth-order valence-corrected chi connectivity index (χ4v) is 11.7. The van der Waals surface area contributed by atoms with Crippen molar-refractivity contribution >= 4 is 5.91 Å². The normalized spacial score (nSPS) is 28.6. The van der Waals surface area contributed by atoms with Gasteiger partial charge in [-0.05, 0) is 57.8 Å². The van der Waals surface area contributed by atoms with E-state index in [1.54, 1.807) is 6.08 Å². The number of nitrogens with one attached hydrogen (secondary N) is 1. The Bertz CT molecular complexity index is 1850. The molecule has 3 rings (SSSR count). The number of rotatable bonds is 53. The van der Waals surface area contributed by atoms with E-state index in [-0.39, 0.29) is 18.9 Å². The standard InChI is InChI=1S/C70H125NO18/c1-3-5-7-9-11-13-14-15-16-17-18-19-20-21-22-23-24-25-26-27-28-29-30-31-32-33-34-35-36-37-38-40-42-44-46-48-58(76)71-53(54(75)47-45-43-41-39-12-10-8-6-4-2)52-84-68-64(82)61(79)66(56(50-73)86-68)89-70-65(83)62(80)67(57(51-74)87-70)88-69-63(81)60(78)59(77)55(49-72)85-69/h5,7,11,13,15-16,18-19,45,47,53-57,59-70,72-75,77-83H,3-4,6,8-10,12,14,17,20-44,46,48-52H2,1-2H3,(H,71,76)/b7-5-,13-11-,16-15-,19-18-,47-45+. The number of hydrogen-bond donors (Lipinski definition) is 12. The Morgan fingerprint density at radius 3 is 1.21 bits per heavy atom. The second kappa shape index (κ2) is 51.8. The van der Waals surface area contributed by atoms with E-state index in [1.807, 2.05) is 6.08 Å². The van der Waals surface area contributed by atoms with Crippen LogP contribution in [0.2, 0.25) is 0 Å². The quantitative estimate of drug-likeness (QED) is 0.0199. The van der Waals surface area contributed by atoms with Gasteiger partial charge in [-0.1, -0.05) is 242 Å². The lowest BCUT2D eigenvalue weighted by molar-refractivity contribution is -0.379. The average Bonchev–Trinajstić information content (AvgIpc) is 1.40. The van der Waals surface area contributed by atoms with Crippen LogP contribution < -0.4 is 5.32 Å². The third-order valence-electron chi connectivity index (χ3n) is 17.3. The number of unbranched alkanes of at least 4 members (excludes halogenated alkanes) is 29. The van der Waals surface area contributed by atoms with E-state index in [1.165, 1.54) is 148 Å². The van der Waals surface area contributed by atoms with Crippen molar-refractivity contribution in [3.8, 4) is 0 Å². The van der Waals surface area contributed by atoms with E-state index in [4.69, 9.17) is 28.4 Å². The Morgan fingerprint density at radius 2 is 0.775 bits per heavy atom. The minimum atomic E-state index is -1.98. The van der Waals surface area contributed by atoms with Gasteiger partial charge in [-0.25, -0.2) is 0 Å². The van der Waals surface area contributed by atoms with Gasteiger partial charge in [-0.15, -0.1) is 0 Å². The summed E-state index contributed by atoms with van der Waals surface area (Å²) in [6.07, 6.45) is 36.8. The van der Waals surface area contributed by atoms with Crippen LogP contribution in [-0.2, 0) is 33.2 Å². The van der Waals surface area contributed by atoms with Crippen molar-refractivity contribution in [2.45, 2.75) is 349 Å². The number of allylic oxidation sites excluding steroid dienone is 9. The lowest BCUT2D eigenvalue weighted by atomic mass is 9.96. The van der Waals surface area contributed by atoms with Crippen LogP contribution in [0.5, 0.6) is 0 Å². The summed E-state index contributed by atoms with van der Waals surface area (Å²) in [6, 6.07) is -0.970. The molecule has 89 heavy (non-hydrogen) atoms. The maximum absolute atomic E-state index is 13.3. The summed E-state index contributed by atoms with van der Waals surface area (Å²) >= 11 is 0. The SMILES string of the molecule is CC/C=C\C/C=C\C/C=C\C/C=C\CCCCCCCCCCCCCCCCCCCCCCCCC(=O)NC(COC1OC(CO)C(OC2OC(CO)C(OC3OC(CO)C(O)C(O)C3O)C(O)C2O)C(O)C1O)C(O)/C=C/CCCCCCCCC. The van der Waals surface area contributed by atoms with Crippen LogP contribution in [0, 0.1) is 0 Å². The third kappa shape index (κ3) is 33.9. The number of hydrogen-bond acceptors (Lipinski definition) is 18. The van der Waals surface area contributed by atoms with Gasteiger partial charge in [-0.3, -0.25) is 4.79 Å². The summed E-state index contributed by atoms with van der Waals surface area (Å²) in [5.41, 5.74) is 0. The molecule has 3 fully saturated rings. The van der Waals surface area contributed by atoms with Crippen molar-refractivity contribution in [1.82, 2.24) is 5.32 Å². The Balaban J connectivity index is 1.30. The molecule has 0 aromatic carbocycles. The largest absolute Gasteiger partial charge is 0.394 e. The molecule has 3 aliphatic heterocycles. The zero-order valence-corrected chi connectivity index (χ0v) is 54.6. The summed E-state index contributed by atoms with van der Waals surface area (Å²) in [5, 5.41) is 120. The number of amides is 1. The molecule has 0 aliphatic carbocycles. The molecule has 0 aromatic heterocycles. The maximum Gasteiger partial charge on any atom is 0.220 e. The number of aliphatic hydroxyl groups is 11. The van der Waals surface area contributed by atoms with Crippen LogP contribution in [0.25, 0.3) is 0 Å². The van der Waals surface area contributed by atoms with Gasteiger partial charge in [0.25, 0.3) is 0 Å². The highest BCUT2D eigenvalue weighted by molar-refractivity contribution is 5.76. The highest BCUT2D eigenvalue weighted by atomic mass is 16.8. The van der Waals surface area contributed by atoms with Crippen LogP contribution in [0.3, 0.4) is 0 Å². The third-order valence-corrected chi connectivity index (χ3v) is 17.3. The summed E-state index contributed by atoms with van der Waals surface area (Å²) in [6.45, 7) is 1.58. The van der Waals surface area contributed by atoms with Crippen LogP contribution in [0.15, 0.2) is 60.8 Å². The van der Waals surface area contributed by atoms with Gasteiger partial charge in [0.1, 0.15) is 73.2 Å². The molecule has 0 bridgehead atoms. The molecule has 19 nitrogen and oxygen atoms in total. The van der Waals surface area contributed by atoms with Gasteiger partial charge in [0.2, 0.25) is 5.91 Å². The minimum Gasteiger partial charge on any atom is -0.394 e. The fourth-order valence-electron chi connectivity index (χ4n) is 11.7. The molecule has 3 aliphatic rings. The summed E-state index contributed by atoms with van der Waals surface area (Å²) in [4.78, 5) is 13.3. The van der Waals surface area contributed by atoms with Crippen LogP contribution in [0.1, 0.15) is 245 Å². The summed E-state index contributed by atoms with van der Waals surface area (Å²) in [7, 11) is 0. The molecule has 17 unspecified atom stereocenters. The van der Waals surface area contributed by atoms with E-state index in [0.29, 0.717) is 6.42 Å².